The molecule has 10 nitrogen and oxygen atoms in total. The molecule has 0 radical (unpaired) electrons. The van der Waals surface area contributed by atoms with Gasteiger partial charge in [-0.05, 0) is 43.2 Å². The van der Waals surface area contributed by atoms with E-state index in [9.17, 15) is 18.4 Å². The first-order valence-corrected chi connectivity index (χ1v) is 11.6. The van der Waals surface area contributed by atoms with E-state index in [1.807, 2.05) is 0 Å². The number of benzene rings is 1. The maximum absolute atomic E-state index is 13.6. The Kier molecular flexibility index (Phi) is 6.54. The second kappa shape index (κ2) is 9.78. The number of carbonyl (C=O) groups excluding carboxylic acids is 1. The molecule has 1 aromatic carbocycles. The largest absolute Gasteiger partial charge is 0.415 e. The summed E-state index contributed by atoms with van der Waals surface area (Å²) < 4.78 is 33.7. The molecule has 0 spiro atoms. The van der Waals surface area contributed by atoms with Gasteiger partial charge in [0.2, 0.25) is 11.8 Å². The van der Waals surface area contributed by atoms with Gasteiger partial charge in [-0.3, -0.25) is 18.9 Å². The molecule has 0 atom stereocenters. The topological polar surface area (TPSA) is 119 Å². The van der Waals surface area contributed by atoms with Gasteiger partial charge in [-0.25, -0.2) is 4.79 Å². The van der Waals surface area contributed by atoms with Gasteiger partial charge >= 0.3 is 12.1 Å². The highest BCUT2D eigenvalue weighted by atomic mass is 35.5. The predicted molar refractivity (Wildman–Crippen MR) is 125 cm³/mol. The van der Waals surface area contributed by atoms with E-state index in [2.05, 4.69) is 15.2 Å². The minimum absolute atomic E-state index is 0.0732. The molecule has 1 saturated heterocycles. The van der Waals surface area contributed by atoms with Crippen LogP contribution in [0.5, 0.6) is 0 Å². The highest BCUT2D eigenvalue weighted by molar-refractivity contribution is 6.31. The van der Waals surface area contributed by atoms with Crippen molar-refractivity contribution < 1.29 is 23.1 Å². The lowest BCUT2D eigenvalue weighted by Gasteiger charge is -2.32. The zero-order valence-electron chi connectivity index (χ0n) is 18.9. The van der Waals surface area contributed by atoms with Crippen LogP contribution in [0, 0.1) is 0 Å². The van der Waals surface area contributed by atoms with Gasteiger partial charge in [0.25, 0.3) is 5.89 Å². The number of hydrogen-bond acceptors (Lipinski definition) is 7. The van der Waals surface area contributed by atoms with Crippen molar-refractivity contribution in [1.82, 2.24) is 29.2 Å². The maximum Gasteiger partial charge on any atom is 0.329 e. The maximum atomic E-state index is 13.6. The molecule has 4 aromatic rings. The van der Waals surface area contributed by atoms with Crippen LogP contribution >= 0.6 is 11.6 Å². The molecule has 13 heteroatoms. The van der Waals surface area contributed by atoms with Crippen LogP contribution in [0.15, 0.2) is 45.7 Å². The molecule has 1 aliphatic rings. The molecule has 188 valence electrons. The molecule has 1 N–H and O–H groups in total. The van der Waals surface area contributed by atoms with E-state index in [1.165, 1.54) is 6.20 Å². The van der Waals surface area contributed by atoms with Gasteiger partial charge < -0.3 is 14.4 Å². The number of hydrogen-bond donors (Lipinski definition) is 1. The third-order valence-electron chi connectivity index (χ3n) is 6.26. The Bertz CT molecular complexity index is 1460. The van der Waals surface area contributed by atoms with Crippen molar-refractivity contribution in [3.63, 3.8) is 0 Å². The van der Waals surface area contributed by atoms with Crippen molar-refractivity contribution in [2.75, 3.05) is 19.7 Å². The zero-order valence-corrected chi connectivity index (χ0v) is 19.6. The monoisotopic (exact) mass is 518 g/mol. The van der Waals surface area contributed by atoms with E-state index < -0.39 is 18.9 Å². The number of aliphatic hydroxyl groups is 1. The van der Waals surface area contributed by atoms with Gasteiger partial charge in [0.05, 0.1) is 28.8 Å². The van der Waals surface area contributed by atoms with Crippen LogP contribution in [-0.4, -0.2) is 59.9 Å². The molecule has 4 heterocycles. The fraction of sp³-hybridized carbons (Fsp3) is 0.348. The van der Waals surface area contributed by atoms with Gasteiger partial charge in [-0.2, -0.15) is 8.78 Å². The third-order valence-corrected chi connectivity index (χ3v) is 6.50. The summed E-state index contributed by atoms with van der Waals surface area (Å²) in [7, 11) is 0. The van der Waals surface area contributed by atoms with Gasteiger partial charge in [-0.15, -0.1) is 10.2 Å². The number of piperidine rings is 1. The quantitative estimate of drug-likeness (QED) is 0.416. The number of nitrogens with zero attached hydrogens (tertiary/aromatic N) is 6. The Morgan fingerprint density at radius 3 is 2.58 bits per heavy atom. The van der Waals surface area contributed by atoms with Crippen LogP contribution in [-0.2, 0) is 11.3 Å². The number of amides is 1. The summed E-state index contributed by atoms with van der Waals surface area (Å²) in [6, 6.07) is 8.38. The Morgan fingerprint density at radius 1 is 1.17 bits per heavy atom. The highest BCUT2D eigenvalue weighted by Crippen LogP contribution is 2.28. The first-order chi connectivity index (χ1) is 17.4. The van der Waals surface area contributed by atoms with E-state index >= 15 is 0 Å². The second-order valence-corrected chi connectivity index (χ2v) is 8.86. The zero-order chi connectivity index (χ0) is 25.4. The number of halogens is 3. The van der Waals surface area contributed by atoms with Gasteiger partial charge in [0.1, 0.15) is 6.61 Å². The standard InChI is InChI=1S/C23H21ClF2N6O4/c24-14-2-4-17-18(9-14)31(23(35)32(17)16-5-7-30(8-6-16)19(34)12-33)11-15-3-1-13(10-27-15)21-28-29-22(36-21)20(25)26/h1-4,9-10,16,20,33H,5-8,11-12H2. The molecular weight excluding hydrogens is 498 g/mol. The normalized spacial score (nSPS) is 14.8. The highest BCUT2D eigenvalue weighted by Gasteiger charge is 2.27. The molecule has 0 unspecified atom stereocenters. The van der Waals surface area contributed by atoms with Crippen LogP contribution in [0.2, 0.25) is 5.02 Å². The molecule has 0 saturated carbocycles. The summed E-state index contributed by atoms with van der Waals surface area (Å²) >= 11 is 6.24. The minimum Gasteiger partial charge on any atom is -0.415 e. The molecule has 1 fully saturated rings. The number of likely N-dealkylation sites (tertiary alicyclic amines) is 1. The van der Waals surface area contributed by atoms with Gasteiger partial charge in [-0.1, -0.05) is 11.6 Å². The fourth-order valence-electron chi connectivity index (χ4n) is 4.48. The molecule has 36 heavy (non-hydrogen) atoms. The molecule has 0 bridgehead atoms. The average Bonchev–Trinajstić information content (AvgIpc) is 3.48. The van der Waals surface area contributed by atoms with Crippen LogP contribution < -0.4 is 5.69 Å². The summed E-state index contributed by atoms with van der Waals surface area (Å²) in [5.41, 5.74) is 2.06. The number of carbonyl (C=O) groups is 1. The SMILES string of the molecule is O=C(CO)N1CCC(n2c(=O)n(Cc3ccc(-c4nnc(C(F)F)o4)cn3)c3cc(Cl)ccc32)CC1. The fourth-order valence-corrected chi connectivity index (χ4v) is 4.64. The molecule has 1 amide bonds. The number of aliphatic hydroxyl groups excluding tert-OH is 1. The number of alkyl halides is 2. The Hall–Kier alpha value is -3.64. The van der Waals surface area contributed by atoms with Crippen LogP contribution in [0.3, 0.4) is 0 Å². The van der Waals surface area contributed by atoms with E-state index in [0.717, 1.165) is 5.52 Å². The summed E-state index contributed by atoms with van der Waals surface area (Å²) in [5.74, 6) is -1.16. The molecule has 1 aliphatic heterocycles. The first kappa shape index (κ1) is 24.1. The molecule has 0 aliphatic carbocycles. The smallest absolute Gasteiger partial charge is 0.329 e. The number of imidazole rings is 1. The minimum atomic E-state index is -2.86. The van der Waals surface area contributed by atoms with Gasteiger partial charge in [0.15, 0.2) is 0 Å². The van der Waals surface area contributed by atoms with E-state index in [-0.39, 0.29) is 30.1 Å². The van der Waals surface area contributed by atoms with Crippen molar-refractivity contribution in [3.05, 3.63) is 63.6 Å². The Morgan fingerprint density at radius 2 is 1.94 bits per heavy atom. The van der Waals surface area contributed by atoms with E-state index in [4.69, 9.17) is 21.1 Å². The molecular formula is C23H21ClF2N6O4. The second-order valence-electron chi connectivity index (χ2n) is 8.43. The van der Waals surface area contributed by atoms with Crippen molar-refractivity contribution >= 4 is 28.5 Å². The third kappa shape index (κ3) is 4.49. The Labute approximate surface area is 207 Å². The number of aromatic nitrogens is 5. The Balaban J connectivity index is 1.44. The lowest BCUT2D eigenvalue weighted by molar-refractivity contribution is -0.135. The number of fused-ring (bicyclic) bond motifs is 1. The number of pyridine rings is 1. The van der Waals surface area contributed by atoms with Crippen molar-refractivity contribution in [2.24, 2.45) is 0 Å². The average molecular weight is 519 g/mol. The van der Waals surface area contributed by atoms with Crippen molar-refractivity contribution in [2.45, 2.75) is 31.9 Å². The summed E-state index contributed by atoms with van der Waals surface area (Å²) in [6.45, 7) is 0.510. The van der Waals surface area contributed by atoms with Crippen LogP contribution in [0.25, 0.3) is 22.5 Å². The molecule has 5 rings (SSSR count). The van der Waals surface area contributed by atoms with Crippen LogP contribution in [0.1, 0.15) is 36.9 Å². The lowest BCUT2D eigenvalue weighted by atomic mass is 10.0. The van der Waals surface area contributed by atoms with E-state index in [0.29, 0.717) is 47.7 Å². The lowest BCUT2D eigenvalue weighted by Crippen LogP contribution is -2.42. The van der Waals surface area contributed by atoms with E-state index in [1.54, 1.807) is 44.4 Å². The van der Waals surface area contributed by atoms with Crippen molar-refractivity contribution in [1.29, 1.82) is 0 Å². The van der Waals surface area contributed by atoms with Crippen LogP contribution in [0.4, 0.5) is 8.78 Å². The summed E-state index contributed by atoms with van der Waals surface area (Å²) in [4.78, 5) is 31.3. The summed E-state index contributed by atoms with van der Waals surface area (Å²) in [6.07, 6.45) is -0.295. The summed E-state index contributed by atoms with van der Waals surface area (Å²) in [5, 5.41) is 16.5. The molecule has 3 aromatic heterocycles. The van der Waals surface area contributed by atoms with Gasteiger partial charge in [0, 0.05) is 30.4 Å². The first-order valence-electron chi connectivity index (χ1n) is 11.2. The predicted octanol–water partition coefficient (Wildman–Crippen LogP) is 3.04. The number of rotatable bonds is 6. The van der Waals surface area contributed by atoms with Crippen molar-refractivity contribution in [3.8, 4) is 11.5 Å².